The molecule has 140 valence electrons. The van der Waals surface area contributed by atoms with Crippen molar-refractivity contribution >= 4 is 32.5 Å². The molecular formula is C19H25N3O3S. The average Bonchev–Trinajstić information content (AvgIpc) is 2.62. The number of carbonyl (C=O) groups excluding carboxylic acids is 1. The van der Waals surface area contributed by atoms with Gasteiger partial charge in [0.25, 0.3) is 0 Å². The average molecular weight is 375 g/mol. The number of anilines is 1. The number of nitrogens with zero attached hydrogens (tertiary/aromatic N) is 2. The van der Waals surface area contributed by atoms with Gasteiger partial charge in [0.2, 0.25) is 15.9 Å². The summed E-state index contributed by atoms with van der Waals surface area (Å²) < 4.78 is 26.0. The predicted octanol–water partition coefficient (Wildman–Crippen LogP) is 2.84. The lowest BCUT2D eigenvalue weighted by molar-refractivity contribution is -0.121. The van der Waals surface area contributed by atoms with Gasteiger partial charge in [-0.3, -0.25) is 14.1 Å². The number of nitrogens with one attached hydrogen (secondary N) is 1. The maximum Gasteiger partial charge on any atom is 0.232 e. The van der Waals surface area contributed by atoms with E-state index in [4.69, 9.17) is 0 Å². The Balaban J connectivity index is 1.75. The molecule has 0 radical (unpaired) electrons. The third-order valence-corrected chi connectivity index (χ3v) is 5.97. The fourth-order valence-electron chi connectivity index (χ4n) is 3.50. The lowest BCUT2D eigenvalue weighted by Crippen LogP contribution is -2.39. The minimum Gasteiger partial charge on any atom is -0.353 e. The van der Waals surface area contributed by atoms with Gasteiger partial charge >= 0.3 is 0 Å². The van der Waals surface area contributed by atoms with E-state index in [0.29, 0.717) is 11.2 Å². The summed E-state index contributed by atoms with van der Waals surface area (Å²) in [4.78, 5) is 16.6. The topological polar surface area (TPSA) is 79.4 Å². The van der Waals surface area contributed by atoms with Crippen LogP contribution in [-0.4, -0.2) is 38.2 Å². The Hall–Kier alpha value is -2.15. The van der Waals surface area contributed by atoms with Crippen LogP contribution in [0.5, 0.6) is 0 Å². The maximum atomic E-state index is 12.3. The number of amides is 1. The Kier molecular flexibility index (Phi) is 5.76. The summed E-state index contributed by atoms with van der Waals surface area (Å²) in [6.07, 6.45) is 8.46. The van der Waals surface area contributed by atoms with Crippen LogP contribution >= 0.6 is 0 Å². The van der Waals surface area contributed by atoms with Crippen molar-refractivity contribution in [3.8, 4) is 0 Å². The Morgan fingerprint density at radius 2 is 1.92 bits per heavy atom. The van der Waals surface area contributed by atoms with Gasteiger partial charge in [0.05, 0.1) is 17.5 Å². The molecule has 0 aliphatic heterocycles. The number of sulfonamides is 1. The molecule has 1 aromatic carbocycles. The Bertz CT molecular complexity index is 871. The molecule has 1 heterocycles. The molecule has 26 heavy (non-hydrogen) atoms. The summed E-state index contributed by atoms with van der Waals surface area (Å²) in [6, 6.07) is 9.36. The smallest absolute Gasteiger partial charge is 0.232 e. The second kappa shape index (κ2) is 8.03. The van der Waals surface area contributed by atoms with Gasteiger partial charge in [-0.15, -0.1) is 0 Å². The van der Waals surface area contributed by atoms with Gasteiger partial charge in [-0.05, 0) is 25.0 Å². The van der Waals surface area contributed by atoms with E-state index < -0.39 is 10.0 Å². The highest BCUT2D eigenvalue weighted by molar-refractivity contribution is 7.92. The van der Waals surface area contributed by atoms with E-state index in [1.54, 1.807) is 18.3 Å². The molecule has 3 rings (SSSR count). The third kappa shape index (κ3) is 4.52. The van der Waals surface area contributed by atoms with Crippen LogP contribution in [-0.2, 0) is 14.8 Å². The van der Waals surface area contributed by atoms with Crippen molar-refractivity contribution in [2.75, 3.05) is 17.1 Å². The standard InChI is InChI=1S/C19H25N3O3S/c1-26(24,25)22(14-12-18(23)21-16-9-3-2-4-10-16)17-11-5-7-15-8-6-13-20-19(15)17/h5-8,11,13,16H,2-4,9-10,12,14H2,1H3,(H,21,23). The summed E-state index contributed by atoms with van der Waals surface area (Å²) >= 11 is 0. The fourth-order valence-corrected chi connectivity index (χ4v) is 4.43. The summed E-state index contributed by atoms with van der Waals surface area (Å²) in [5, 5.41) is 3.90. The van der Waals surface area contributed by atoms with Gasteiger partial charge in [-0.1, -0.05) is 37.5 Å². The molecule has 1 saturated carbocycles. The molecule has 1 N–H and O–H groups in total. The van der Waals surface area contributed by atoms with Gasteiger partial charge in [0, 0.05) is 30.6 Å². The van der Waals surface area contributed by atoms with Crippen molar-refractivity contribution in [1.82, 2.24) is 10.3 Å². The van der Waals surface area contributed by atoms with Gasteiger partial charge < -0.3 is 5.32 Å². The monoisotopic (exact) mass is 375 g/mol. The highest BCUT2D eigenvalue weighted by atomic mass is 32.2. The van der Waals surface area contributed by atoms with E-state index in [1.165, 1.54) is 10.7 Å². The summed E-state index contributed by atoms with van der Waals surface area (Å²) in [5.74, 6) is -0.0984. The molecule has 2 aromatic rings. The van der Waals surface area contributed by atoms with Crippen LogP contribution in [0.1, 0.15) is 38.5 Å². The fraction of sp³-hybridized carbons (Fsp3) is 0.474. The minimum atomic E-state index is -3.52. The number of hydrogen-bond donors (Lipinski definition) is 1. The van der Waals surface area contributed by atoms with E-state index in [1.807, 2.05) is 18.2 Å². The second-order valence-corrected chi connectivity index (χ2v) is 8.75. The molecule has 1 aliphatic carbocycles. The second-order valence-electron chi connectivity index (χ2n) is 6.84. The van der Waals surface area contributed by atoms with Crippen molar-refractivity contribution < 1.29 is 13.2 Å². The first-order valence-corrected chi connectivity index (χ1v) is 10.9. The van der Waals surface area contributed by atoms with Crippen LogP contribution < -0.4 is 9.62 Å². The van der Waals surface area contributed by atoms with E-state index >= 15 is 0 Å². The molecule has 0 spiro atoms. The molecule has 0 atom stereocenters. The zero-order chi connectivity index (χ0) is 18.6. The Labute approximate surface area is 154 Å². The van der Waals surface area contributed by atoms with Crippen LogP contribution in [0.4, 0.5) is 5.69 Å². The molecule has 7 heteroatoms. The first-order chi connectivity index (χ1) is 12.4. The number of fused-ring (bicyclic) bond motifs is 1. The van der Waals surface area contributed by atoms with Crippen molar-refractivity contribution in [3.05, 3.63) is 36.5 Å². The van der Waals surface area contributed by atoms with E-state index in [0.717, 1.165) is 37.3 Å². The number of benzene rings is 1. The van der Waals surface area contributed by atoms with Crippen molar-refractivity contribution in [3.63, 3.8) is 0 Å². The highest BCUT2D eigenvalue weighted by Crippen LogP contribution is 2.27. The van der Waals surface area contributed by atoms with Crippen molar-refractivity contribution in [2.45, 2.75) is 44.6 Å². The molecule has 1 aliphatic rings. The van der Waals surface area contributed by atoms with E-state index in [9.17, 15) is 13.2 Å². The molecule has 1 fully saturated rings. The molecule has 1 aromatic heterocycles. The van der Waals surface area contributed by atoms with Crippen LogP contribution in [0.2, 0.25) is 0 Å². The van der Waals surface area contributed by atoms with Crippen LogP contribution in [0, 0.1) is 0 Å². The molecular weight excluding hydrogens is 350 g/mol. The lowest BCUT2D eigenvalue weighted by Gasteiger charge is -2.25. The number of aromatic nitrogens is 1. The zero-order valence-corrected chi connectivity index (χ0v) is 15.8. The lowest BCUT2D eigenvalue weighted by atomic mass is 9.95. The zero-order valence-electron chi connectivity index (χ0n) is 15.0. The van der Waals surface area contributed by atoms with Crippen molar-refractivity contribution in [1.29, 1.82) is 0 Å². The van der Waals surface area contributed by atoms with E-state index in [2.05, 4.69) is 10.3 Å². The molecule has 0 bridgehead atoms. The SMILES string of the molecule is CS(=O)(=O)N(CCC(=O)NC1CCCCC1)c1cccc2cccnc12. The van der Waals surface area contributed by atoms with Gasteiger partial charge in [0.1, 0.15) is 0 Å². The summed E-state index contributed by atoms with van der Waals surface area (Å²) in [6.45, 7) is 0.104. The predicted molar refractivity (Wildman–Crippen MR) is 104 cm³/mol. The third-order valence-electron chi connectivity index (χ3n) is 4.79. The number of carbonyl (C=O) groups is 1. The Morgan fingerprint density at radius 3 is 2.65 bits per heavy atom. The van der Waals surface area contributed by atoms with Crippen LogP contribution in [0.3, 0.4) is 0 Å². The van der Waals surface area contributed by atoms with E-state index in [-0.39, 0.29) is 24.9 Å². The Morgan fingerprint density at radius 1 is 1.19 bits per heavy atom. The van der Waals surface area contributed by atoms with Crippen LogP contribution in [0.25, 0.3) is 10.9 Å². The van der Waals surface area contributed by atoms with Gasteiger partial charge in [0.15, 0.2) is 0 Å². The highest BCUT2D eigenvalue weighted by Gasteiger charge is 2.22. The number of pyridine rings is 1. The normalized spacial score (nSPS) is 15.7. The van der Waals surface area contributed by atoms with Crippen molar-refractivity contribution in [2.24, 2.45) is 0 Å². The quantitative estimate of drug-likeness (QED) is 0.842. The summed E-state index contributed by atoms with van der Waals surface area (Å²) in [5.41, 5.74) is 1.13. The largest absolute Gasteiger partial charge is 0.353 e. The number of rotatable bonds is 6. The van der Waals surface area contributed by atoms with Gasteiger partial charge in [-0.25, -0.2) is 8.42 Å². The molecule has 1 amide bonds. The molecule has 0 unspecified atom stereocenters. The first-order valence-electron chi connectivity index (χ1n) is 9.06. The molecule has 6 nitrogen and oxygen atoms in total. The number of hydrogen-bond acceptors (Lipinski definition) is 4. The molecule has 0 saturated heterocycles. The number of para-hydroxylation sites is 1. The minimum absolute atomic E-state index is 0.0984. The van der Waals surface area contributed by atoms with Gasteiger partial charge in [-0.2, -0.15) is 0 Å². The van der Waals surface area contributed by atoms with Crippen LogP contribution in [0.15, 0.2) is 36.5 Å². The first kappa shape index (κ1) is 18.6. The summed E-state index contributed by atoms with van der Waals surface area (Å²) in [7, 11) is -3.52. The maximum absolute atomic E-state index is 12.3.